The number of nitrogens with zero attached hydrogens (tertiary/aromatic N) is 1. The predicted molar refractivity (Wildman–Crippen MR) is 93.7 cm³/mol. The highest BCUT2D eigenvalue weighted by atomic mass is 79.9. The van der Waals surface area contributed by atoms with Crippen molar-refractivity contribution in [2.24, 2.45) is 0 Å². The second-order valence-corrected chi connectivity index (χ2v) is 7.97. The highest BCUT2D eigenvalue weighted by molar-refractivity contribution is 9.10. The van der Waals surface area contributed by atoms with Gasteiger partial charge in [-0.25, -0.2) is 8.42 Å². The Hall–Kier alpha value is -2.26. The molecule has 0 aliphatic carbocycles. The average Bonchev–Trinajstić information content (AvgIpc) is 2.59. The van der Waals surface area contributed by atoms with Crippen molar-refractivity contribution in [3.8, 4) is 11.5 Å². The molecule has 0 atom stereocenters. The monoisotopic (exact) mass is 427 g/mol. The lowest BCUT2D eigenvalue weighted by Gasteiger charge is -2.24. The quantitative estimate of drug-likeness (QED) is 0.787. The Bertz CT molecular complexity index is 915. The molecule has 2 aromatic rings. The molecule has 0 amide bonds. The Morgan fingerprint density at radius 2 is 1.84 bits per heavy atom. The zero-order valence-electron chi connectivity index (χ0n) is 12.9. The molecule has 1 heterocycles. The van der Waals surface area contributed by atoms with E-state index in [9.17, 15) is 13.2 Å². The van der Waals surface area contributed by atoms with E-state index >= 15 is 0 Å². The van der Waals surface area contributed by atoms with Crippen molar-refractivity contribution in [3.05, 3.63) is 46.9 Å². The van der Waals surface area contributed by atoms with Crippen LogP contribution in [-0.2, 0) is 14.8 Å². The van der Waals surface area contributed by atoms with Gasteiger partial charge < -0.3 is 14.6 Å². The Labute approximate surface area is 153 Å². The number of anilines is 1. The van der Waals surface area contributed by atoms with Crippen LogP contribution in [0, 0.1) is 0 Å². The van der Waals surface area contributed by atoms with E-state index in [1.54, 1.807) is 18.2 Å². The third-order valence-corrected chi connectivity index (χ3v) is 5.74. The van der Waals surface area contributed by atoms with Crippen LogP contribution in [0.5, 0.6) is 11.5 Å². The van der Waals surface area contributed by atoms with Gasteiger partial charge >= 0.3 is 5.97 Å². The molecule has 2 aromatic carbocycles. The molecular formula is C16H14BrNO6S. The molecule has 0 saturated carbocycles. The van der Waals surface area contributed by atoms with Gasteiger partial charge in [-0.3, -0.25) is 9.10 Å². The highest BCUT2D eigenvalue weighted by Crippen LogP contribution is 2.34. The summed E-state index contributed by atoms with van der Waals surface area (Å²) in [7, 11) is -4.10. The summed E-state index contributed by atoms with van der Waals surface area (Å²) in [5.41, 5.74) is 0.242. The maximum atomic E-state index is 13.0. The first-order valence-corrected chi connectivity index (χ1v) is 9.51. The van der Waals surface area contributed by atoms with Crippen molar-refractivity contribution >= 4 is 37.6 Å². The second kappa shape index (κ2) is 6.93. The van der Waals surface area contributed by atoms with Crippen LogP contribution in [0.15, 0.2) is 51.8 Å². The number of carboxylic acids is 1. The van der Waals surface area contributed by atoms with E-state index in [1.807, 2.05) is 0 Å². The Kier molecular flexibility index (Phi) is 4.87. The van der Waals surface area contributed by atoms with Gasteiger partial charge in [0.15, 0.2) is 11.5 Å². The summed E-state index contributed by atoms with van der Waals surface area (Å²) < 4.78 is 38.3. The van der Waals surface area contributed by atoms with Crippen molar-refractivity contribution in [1.29, 1.82) is 0 Å². The molecule has 0 saturated heterocycles. The van der Waals surface area contributed by atoms with Gasteiger partial charge in [0, 0.05) is 10.5 Å². The second-order valence-electron chi connectivity index (χ2n) is 5.19. The summed E-state index contributed by atoms with van der Waals surface area (Å²) in [5, 5.41) is 9.15. The Morgan fingerprint density at radius 3 is 2.52 bits per heavy atom. The lowest BCUT2D eigenvalue weighted by atomic mass is 10.3. The Morgan fingerprint density at radius 1 is 1.12 bits per heavy atom. The molecule has 1 aliphatic rings. The normalized spacial score (nSPS) is 13.3. The summed E-state index contributed by atoms with van der Waals surface area (Å²) in [6.45, 7) is 0.0104. The van der Waals surface area contributed by atoms with Crippen LogP contribution in [0.25, 0.3) is 0 Å². The van der Waals surface area contributed by atoms with E-state index in [0.717, 1.165) is 4.31 Å². The minimum atomic E-state index is -4.10. The molecule has 3 rings (SSSR count). The van der Waals surface area contributed by atoms with Gasteiger partial charge in [-0.05, 0) is 30.3 Å². The maximum absolute atomic E-state index is 13.0. The van der Waals surface area contributed by atoms with E-state index in [0.29, 0.717) is 29.2 Å². The van der Waals surface area contributed by atoms with Crippen LogP contribution in [0.3, 0.4) is 0 Å². The first-order valence-electron chi connectivity index (χ1n) is 7.28. The minimum Gasteiger partial charge on any atom is -0.486 e. The van der Waals surface area contributed by atoms with Gasteiger partial charge in [0.25, 0.3) is 10.0 Å². The maximum Gasteiger partial charge on any atom is 0.324 e. The topological polar surface area (TPSA) is 93.1 Å². The average molecular weight is 428 g/mol. The van der Waals surface area contributed by atoms with Gasteiger partial charge in [-0.15, -0.1) is 0 Å². The molecule has 0 fully saturated rings. The van der Waals surface area contributed by atoms with Gasteiger partial charge in [-0.1, -0.05) is 22.0 Å². The lowest BCUT2D eigenvalue weighted by Crippen LogP contribution is -2.35. The molecule has 1 N–H and O–H groups in total. The fourth-order valence-corrected chi connectivity index (χ4v) is 4.19. The number of fused-ring (bicyclic) bond motifs is 1. The van der Waals surface area contributed by atoms with Crippen molar-refractivity contribution in [2.75, 3.05) is 24.1 Å². The molecule has 1 aliphatic heterocycles. The summed E-state index contributed by atoms with van der Waals surface area (Å²) in [5.74, 6) is -0.490. The third kappa shape index (κ3) is 3.72. The van der Waals surface area contributed by atoms with Crippen LogP contribution in [-0.4, -0.2) is 39.3 Å². The van der Waals surface area contributed by atoms with Crippen LogP contribution in [0.4, 0.5) is 5.69 Å². The molecule has 25 heavy (non-hydrogen) atoms. The van der Waals surface area contributed by atoms with Crippen LogP contribution < -0.4 is 13.8 Å². The van der Waals surface area contributed by atoms with E-state index in [4.69, 9.17) is 14.6 Å². The van der Waals surface area contributed by atoms with Gasteiger partial charge in [0.05, 0.1) is 10.6 Å². The number of hydrogen-bond donors (Lipinski definition) is 1. The zero-order valence-corrected chi connectivity index (χ0v) is 15.3. The van der Waals surface area contributed by atoms with Gasteiger partial charge in [0.2, 0.25) is 0 Å². The van der Waals surface area contributed by atoms with Crippen LogP contribution >= 0.6 is 15.9 Å². The zero-order chi connectivity index (χ0) is 18.0. The van der Waals surface area contributed by atoms with Crippen LogP contribution in [0.1, 0.15) is 0 Å². The number of sulfonamides is 1. The lowest BCUT2D eigenvalue weighted by molar-refractivity contribution is -0.135. The third-order valence-electron chi connectivity index (χ3n) is 3.48. The number of carbonyl (C=O) groups is 1. The summed E-state index contributed by atoms with van der Waals surface area (Å²) >= 11 is 3.26. The van der Waals surface area contributed by atoms with E-state index in [2.05, 4.69) is 15.9 Å². The molecular weight excluding hydrogens is 414 g/mol. The van der Waals surface area contributed by atoms with Crippen molar-refractivity contribution in [2.45, 2.75) is 4.90 Å². The standard InChI is InChI=1S/C16H14BrNO6S/c17-11-2-1-3-12(8-11)18(10-16(19)20)25(21,22)13-4-5-14-15(9-13)24-7-6-23-14/h1-5,8-9H,6-7,10H2,(H,19,20). The smallest absolute Gasteiger partial charge is 0.324 e. The molecule has 0 radical (unpaired) electrons. The number of rotatable bonds is 5. The van der Waals surface area contributed by atoms with Gasteiger partial charge in [-0.2, -0.15) is 0 Å². The number of aliphatic carboxylic acids is 1. The first kappa shape index (κ1) is 17.6. The van der Waals surface area contributed by atoms with Crippen molar-refractivity contribution in [1.82, 2.24) is 0 Å². The molecule has 0 bridgehead atoms. The number of hydrogen-bond acceptors (Lipinski definition) is 5. The fraction of sp³-hybridized carbons (Fsp3) is 0.188. The molecule has 9 heteroatoms. The van der Waals surface area contributed by atoms with Crippen molar-refractivity contribution in [3.63, 3.8) is 0 Å². The molecule has 132 valence electrons. The van der Waals surface area contributed by atoms with Gasteiger partial charge in [0.1, 0.15) is 19.8 Å². The Balaban J connectivity index is 2.06. The summed E-state index contributed by atoms with van der Waals surface area (Å²) in [6.07, 6.45) is 0. The minimum absolute atomic E-state index is 0.0713. The molecule has 0 unspecified atom stereocenters. The molecule has 0 aromatic heterocycles. The summed E-state index contributed by atoms with van der Waals surface area (Å²) in [6, 6.07) is 10.6. The predicted octanol–water partition coefficient (Wildman–Crippen LogP) is 2.50. The fourth-order valence-electron chi connectivity index (χ4n) is 2.38. The number of carboxylic acid groups (broad SMARTS) is 1. The molecule has 0 spiro atoms. The first-order chi connectivity index (χ1) is 11.9. The van der Waals surface area contributed by atoms with E-state index in [1.165, 1.54) is 24.3 Å². The number of ether oxygens (including phenoxy) is 2. The number of benzene rings is 2. The number of halogens is 1. The highest BCUT2D eigenvalue weighted by Gasteiger charge is 2.28. The SMILES string of the molecule is O=C(O)CN(c1cccc(Br)c1)S(=O)(=O)c1ccc2c(c1)OCCO2. The molecule has 7 nitrogen and oxygen atoms in total. The van der Waals surface area contributed by atoms with E-state index < -0.39 is 22.5 Å². The largest absolute Gasteiger partial charge is 0.486 e. The van der Waals surface area contributed by atoms with Crippen molar-refractivity contribution < 1.29 is 27.8 Å². The van der Waals surface area contributed by atoms with E-state index in [-0.39, 0.29) is 10.6 Å². The van der Waals surface area contributed by atoms with Crippen LogP contribution in [0.2, 0.25) is 0 Å². The summed E-state index contributed by atoms with van der Waals surface area (Å²) in [4.78, 5) is 11.1.